The van der Waals surface area contributed by atoms with Gasteiger partial charge >= 0.3 is 0 Å². The van der Waals surface area contributed by atoms with E-state index in [1.54, 1.807) is 4.68 Å². The molecule has 1 aliphatic rings. The van der Waals surface area contributed by atoms with E-state index in [4.69, 9.17) is 0 Å². The molecule has 1 aromatic carbocycles. The minimum atomic E-state index is -0.364. The quantitative estimate of drug-likeness (QED) is 0.932. The highest BCUT2D eigenvalue weighted by molar-refractivity contribution is 5.94. The summed E-state index contributed by atoms with van der Waals surface area (Å²) >= 11 is 0. The standard InChI is InChI=1S/C14H16FN5O/c15-11-7-5-10(6-8-11)14(21)16-9-13-17-18-19-20(13)12-3-1-2-4-12/h5-8,12H,1-4,9H2,(H,16,21). The third kappa shape index (κ3) is 3.07. The fourth-order valence-corrected chi connectivity index (χ4v) is 2.62. The van der Waals surface area contributed by atoms with Gasteiger partial charge in [0.05, 0.1) is 12.6 Å². The molecular weight excluding hydrogens is 273 g/mol. The van der Waals surface area contributed by atoms with Gasteiger partial charge in [0.2, 0.25) is 0 Å². The van der Waals surface area contributed by atoms with Crippen LogP contribution in [0.1, 0.15) is 47.9 Å². The van der Waals surface area contributed by atoms with E-state index >= 15 is 0 Å². The lowest BCUT2D eigenvalue weighted by Gasteiger charge is -2.11. The first kappa shape index (κ1) is 13.7. The Bertz CT molecular complexity index is 619. The second-order valence-corrected chi connectivity index (χ2v) is 5.17. The van der Waals surface area contributed by atoms with E-state index in [9.17, 15) is 9.18 Å². The van der Waals surface area contributed by atoms with E-state index in [1.807, 2.05) is 0 Å². The molecule has 0 radical (unpaired) electrons. The van der Waals surface area contributed by atoms with Crippen LogP contribution in [0, 0.1) is 5.82 Å². The van der Waals surface area contributed by atoms with Crippen molar-refractivity contribution >= 4 is 5.91 Å². The molecule has 1 fully saturated rings. The topological polar surface area (TPSA) is 72.7 Å². The van der Waals surface area contributed by atoms with Crippen molar-refractivity contribution in [1.82, 2.24) is 25.5 Å². The third-order valence-electron chi connectivity index (χ3n) is 3.75. The van der Waals surface area contributed by atoms with Gasteiger partial charge < -0.3 is 5.32 Å². The zero-order valence-corrected chi connectivity index (χ0v) is 11.5. The number of rotatable bonds is 4. The van der Waals surface area contributed by atoms with Crippen molar-refractivity contribution in [3.63, 3.8) is 0 Å². The highest BCUT2D eigenvalue weighted by Crippen LogP contribution is 2.28. The molecule has 3 rings (SSSR count). The van der Waals surface area contributed by atoms with Crippen molar-refractivity contribution in [1.29, 1.82) is 0 Å². The number of carbonyl (C=O) groups excluding carboxylic acids is 1. The van der Waals surface area contributed by atoms with Gasteiger partial charge in [-0.15, -0.1) is 5.10 Å². The monoisotopic (exact) mass is 289 g/mol. The molecule has 1 amide bonds. The van der Waals surface area contributed by atoms with Gasteiger partial charge in [-0.2, -0.15) is 0 Å². The number of tetrazole rings is 1. The van der Waals surface area contributed by atoms with Crippen LogP contribution < -0.4 is 5.32 Å². The van der Waals surface area contributed by atoms with Gasteiger partial charge in [0.25, 0.3) is 5.91 Å². The van der Waals surface area contributed by atoms with Crippen molar-refractivity contribution < 1.29 is 9.18 Å². The van der Waals surface area contributed by atoms with Crippen LogP contribution in [0.3, 0.4) is 0 Å². The minimum absolute atomic E-state index is 0.264. The summed E-state index contributed by atoms with van der Waals surface area (Å²) in [5.74, 6) is 0.0186. The second-order valence-electron chi connectivity index (χ2n) is 5.17. The maximum absolute atomic E-state index is 12.8. The predicted octanol–water partition coefficient (Wildman–Crippen LogP) is 1.86. The minimum Gasteiger partial charge on any atom is -0.345 e. The second kappa shape index (κ2) is 5.99. The summed E-state index contributed by atoms with van der Waals surface area (Å²) in [6.07, 6.45) is 4.52. The smallest absolute Gasteiger partial charge is 0.251 e. The van der Waals surface area contributed by atoms with Crippen molar-refractivity contribution in [2.24, 2.45) is 0 Å². The van der Waals surface area contributed by atoms with Crippen LogP contribution in [-0.4, -0.2) is 26.1 Å². The summed E-state index contributed by atoms with van der Waals surface area (Å²) in [6.45, 7) is 0.264. The first-order chi connectivity index (χ1) is 10.2. The Kier molecular flexibility index (Phi) is 3.89. The fourth-order valence-electron chi connectivity index (χ4n) is 2.62. The number of hydrogen-bond donors (Lipinski definition) is 1. The summed E-state index contributed by atoms with van der Waals surface area (Å²) in [5.41, 5.74) is 0.413. The lowest BCUT2D eigenvalue weighted by molar-refractivity contribution is 0.0949. The summed E-state index contributed by atoms with van der Waals surface area (Å²) in [5, 5.41) is 14.4. The Morgan fingerprint density at radius 3 is 2.71 bits per heavy atom. The maximum atomic E-state index is 12.8. The molecule has 1 heterocycles. The van der Waals surface area contributed by atoms with E-state index in [-0.39, 0.29) is 18.3 Å². The fraction of sp³-hybridized carbons (Fsp3) is 0.429. The van der Waals surface area contributed by atoms with E-state index in [0.717, 1.165) is 12.8 Å². The van der Waals surface area contributed by atoms with Gasteiger partial charge in [-0.1, -0.05) is 12.8 Å². The summed E-state index contributed by atoms with van der Waals surface area (Å²) in [4.78, 5) is 12.0. The summed E-state index contributed by atoms with van der Waals surface area (Å²) in [6, 6.07) is 5.75. The lowest BCUT2D eigenvalue weighted by Crippen LogP contribution is -2.25. The van der Waals surface area contributed by atoms with Gasteiger partial charge in [0, 0.05) is 5.56 Å². The number of nitrogens with zero attached hydrogens (tertiary/aromatic N) is 4. The van der Waals surface area contributed by atoms with Crippen LogP contribution in [0.5, 0.6) is 0 Å². The molecule has 1 aromatic heterocycles. The third-order valence-corrected chi connectivity index (χ3v) is 3.75. The van der Waals surface area contributed by atoms with Crippen molar-refractivity contribution in [2.45, 2.75) is 38.3 Å². The SMILES string of the molecule is O=C(NCc1nnnn1C1CCCC1)c1ccc(F)cc1. The zero-order chi connectivity index (χ0) is 14.7. The Balaban J connectivity index is 1.63. The Hall–Kier alpha value is -2.31. The molecule has 0 bridgehead atoms. The van der Waals surface area contributed by atoms with Gasteiger partial charge in [0.1, 0.15) is 5.82 Å². The molecule has 110 valence electrons. The molecule has 0 unspecified atom stereocenters. The first-order valence-electron chi connectivity index (χ1n) is 7.04. The average molecular weight is 289 g/mol. The number of benzene rings is 1. The lowest BCUT2D eigenvalue weighted by atomic mass is 10.2. The van der Waals surface area contributed by atoms with Gasteiger partial charge in [-0.05, 0) is 47.5 Å². The van der Waals surface area contributed by atoms with Crippen LogP contribution in [-0.2, 0) is 6.54 Å². The molecule has 1 saturated carbocycles. The van der Waals surface area contributed by atoms with E-state index in [0.29, 0.717) is 17.4 Å². The Morgan fingerprint density at radius 1 is 1.29 bits per heavy atom. The van der Waals surface area contributed by atoms with Gasteiger partial charge in [-0.25, -0.2) is 9.07 Å². The van der Waals surface area contributed by atoms with Crippen molar-refractivity contribution in [2.75, 3.05) is 0 Å². The molecule has 1 N–H and O–H groups in total. The molecular formula is C14H16FN5O. The summed E-state index contributed by atoms with van der Waals surface area (Å²) < 4.78 is 14.6. The van der Waals surface area contributed by atoms with Crippen LogP contribution in [0.25, 0.3) is 0 Å². The van der Waals surface area contributed by atoms with E-state index in [2.05, 4.69) is 20.8 Å². The van der Waals surface area contributed by atoms with Crippen LogP contribution in [0.4, 0.5) is 4.39 Å². The molecule has 0 spiro atoms. The Labute approximate surface area is 121 Å². The maximum Gasteiger partial charge on any atom is 0.251 e. The number of halogens is 1. The largest absolute Gasteiger partial charge is 0.345 e. The summed E-state index contributed by atoms with van der Waals surface area (Å²) in [7, 11) is 0. The number of carbonyl (C=O) groups is 1. The van der Waals surface area contributed by atoms with Crippen LogP contribution in [0.15, 0.2) is 24.3 Å². The highest BCUT2D eigenvalue weighted by Gasteiger charge is 2.21. The highest BCUT2D eigenvalue weighted by atomic mass is 19.1. The average Bonchev–Trinajstić information content (AvgIpc) is 3.16. The van der Waals surface area contributed by atoms with Gasteiger partial charge in [-0.3, -0.25) is 4.79 Å². The van der Waals surface area contributed by atoms with Crippen molar-refractivity contribution in [3.8, 4) is 0 Å². The number of hydrogen-bond acceptors (Lipinski definition) is 4. The number of nitrogens with one attached hydrogen (secondary N) is 1. The van der Waals surface area contributed by atoms with E-state index < -0.39 is 0 Å². The predicted molar refractivity (Wildman–Crippen MR) is 72.9 cm³/mol. The normalized spacial score (nSPS) is 15.3. The van der Waals surface area contributed by atoms with Crippen LogP contribution in [0.2, 0.25) is 0 Å². The van der Waals surface area contributed by atoms with Gasteiger partial charge in [0.15, 0.2) is 5.82 Å². The zero-order valence-electron chi connectivity index (χ0n) is 11.5. The van der Waals surface area contributed by atoms with Crippen molar-refractivity contribution in [3.05, 3.63) is 41.5 Å². The number of amides is 1. The van der Waals surface area contributed by atoms with Crippen LogP contribution >= 0.6 is 0 Å². The van der Waals surface area contributed by atoms with E-state index in [1.165, 1.54) is 37.1 Å². The molecule has 1 aliphatic carbocycles. The molecule has 6 nitrogen and oxygen atoms in total. The molecule has 0 atom stereocenters. The first-order valence-corrected chi connectivity index (χ1v) is 7.04. The molecule has 0 aliphatic heterocycles. The molecule has 21 heavy (non-hydrogen) atoms. The molecule has 2 aromatic rings. The molecule has 0 saturated heterocycles. The number of aromatic nitrogens is 4. The Morgan fingerprint density at radius 2 is 2.00 bits per heavy atom. The molecule has 7 heteroatoms.